The van der Waals surface area contributed by atoms with E-state index in [1.54, 1.807) is 11.8 Å². The van der Waals surface area contributed by atoms with Gasteiger partial charge in [0, 0.05) is 11.8 Å². The van der Waals surface area contributed by atoms with E-state index in [2.05, 4.69) is 25.2 Å². The van der Waals surface area contributed by atoms with Gasteiger partial charge in [-0.15, -0.1) is 0 Å². The lowest BCUT2D eigenvalue weighted by Crippen LogP contribution is -2.49. The van der Waals surface area contributed by atoms with Crippen molar-refractivity contribution in [1.29, 1.82) is 5.26 Å². The van der Waals surface area contributed by atoms with Crippen molar-refractivity contribution >= 4 is 17.7 Å². The average molecular weight is 226 g/mol. The van der Waals surface area contributed by atoms with Gasteiger partial charge in [-0.05, 0) is 25.0 Å². The van der Waals surface area contributed by atoms with Crippen LogP contribution >= 0.6 is 11.8 Å². The Morgan fingerprint density at radius 3 is 2.73 bits per heavy atom. The fourth-order valence-electron chi connectivity index (χ4n) is 1.95. The molecule has 1 saturated carbocycles. The van der Waals surface area contributed by atoms with E-state index in [1.165, 1.54) is 0 Å². The van der Waals surface area contributed by atoms with Gasteiger partial charge < -0.3 is 5.32 Å². The first-order valence-corrected chi connectivity index (χ1v) is 6.55. The number of nitriles is 1. The lowest BCUT2D eigenvalue weighted by Gasteiger charge is -2.39. The van der Waals surface area contributed by atoms with Crippen molar-refractivity contribution in [3.05, 3.63) is 0 Å². The second-order valence-corrected chi connectivity index (χ2v) is 5.74. The summed E-state index contributed by atoms with van der Waals surface area (Å²) < 4.78 is 0. The molecule has 0 aromatic carbocycles. The molecule has 0 aromatic heterocycles. The van der Waals surface area contributed by atoms with Gasteiger partial charge in [-0.25, -0.2) is 0 Å². The highest BCUT2D eigenvalue weighted by molar-refractivity contribution is 7.99. The number of carbonyl (C=O) groups is 1. The quantitative estimate of drug-likeness (QED) is 0.795. The molecule has 0 spiro atoms. The number of carbonyl (C=O) groups excluding carboxylic acids is 1. The van der Waals surface area contributed by atoms with E-state index < -0.39 is 5.41 Å². The minimum absolute atomic E-state index is 0.0796. The Kier molecular flexibility index (Phi) is 4.04. The molecule has 1 unspecified atom stereocenters. The van der Waals surface area contributed by atoms with Crippen LogP contribution in [0.25, 0.3) is 0 Å². The van der Waals surface area contributed by atoms with Crippen molar-refractivity contribution in [1.82, 2.24) is 5.32 Å². The van der Waals surface area contributed by atoms with Crippen molar-refractivity contribution in [2.24, 2.45) is 11.3 Å². The van der Waals surface area contributed by atoms with Crippen molar-refractivity contribution in [2.45, 2.75) is 31.9 Å². The number of nitrogens with one attached hydrogen (secondary N) is 1. The van der Waals surface area contributed by atoms with E-state index in [-0.39, 0.29) is 5.91 Å². The molecule has 4 heteroatoms. The molecule has 1 rings (SSSR count). The third-order valence-electron chi connectivity index (χ3n) is 2.99. The summed E-state index contributed by atoms with van der Waals surface area (Å²) in [6.07, 6.45) is 3.44. The van der Waals surface area contributed by atoms with Gasteiger partial charge >= 0.3 is 0 Å². The molecule has 0 aromatic rings. The van der Waals surface area contributed by atoms with Crippen LogP contribution in [0.2, 0.25) is 0 Å². The zero-order valence-corrected chi connectivity index (χ0v) is 10.4. The predicted octanol–water partition coefficient (Wildman–Crippen LogP) is 1.79. The third kappa shape index (κ3) is 2.66. The van der Waals surface area contributed by atoms with Gasteiger partial charge in [-0.1, -0.05) is 13.8 Å². The van der Waals surface area contributed by atoms with Crippen LogP contribution in [0.15, 0.2) is 0 Å². The molecule has 1 aliphatic carbocycles. The second-order valence-electron chi connectivity index (χ2n) is 4.46. The Labute approximate surface area is 95.6 Å². The summed E-state index contributed by atoms with van der Waals surface area (Å²) >= 11 is 1.71. The van der Waals surface area contributed by atoms with Crippen LogP contribution < -0.4 is 5.32 Å². The van der Waals surface area contributed by atoms with E-state index in [9.17, 15) is 4.79 Å². The van der Waals surface area contributed by atoms with E-state index in [4.69, 9.17) is 5.26 Å². The maximum absolute atomic E-state index is 11.8. The lowest BCUT2D eigenvalue weighted by atomic mass is 9.63. The zero-order valence-electron chi connectivity index (χ0n) is 9.54. The van der Waals surface area contributed by atoms with Gasteiger partial charge in [0.15, 0.2) is 0 Å². The van der Waals surface area contributed by atoms with Crippen LogP contribution in [-0.4, -0.2) is 24.0 Å². The van der Waals surface area contributed by atoms with Crippen molar-refractivity contribution in [3.8, 4) is 6.07 Å². The first kappa shape index (κ1) is 12.4. The molecule has 0 radical (unpaired) electrons. The molecular formula is C11H18N2OS. The summed E-state index contributed by atoms with van der Waals surface area (Å²) in [7, 11) is 0. The highest BCUT2D eigenvalue weighted by Crippen LogP contribution is 2.44. The van der Waals surface area contributed by atoms with Crippen molar-refractivity contribution < 1.29 is 4.79 Å². The summed E-state index contributed by atoms with van der Waals surface area (Å²) in [5.41, 5.74) is -0.725. The minimum atomic E-state index is -0.725. The van der Waals surface area contributed by atoms with Crippen LogP contribution in [-0.2, 0) is 4.79 Å². The first-order chi connectivity index (χ1) is 7.04. The number of nitrogens with zero attached hydrogens (tertiary/aromatic N) is 1. The highest BCUT2D eigenvalue weighted by Gasteiger charge is 2.48. The highest BCUT2D eigenvalue weighted by atomic mass is 32.2. The van der Waals surface area contributed by atoms with Gasteiger partial charge in [0.25, 0.3) is 0 Å². The molecule has 0 heterocycles. The molecule has 3 nitrogen and oxygen atoms in total. The number of amides is 1. The largest absolute Gasteiger partial charge is 0.354 e. The Hall–Kier alpha value is -0.690. The molecule has 1 amide bonds. The van der Waals surface area contributed by atoms with Gasteiger partial charge in [0.2, 0.25) is 5.91 Å². The first-order valence-electron chi connectivity index (χ1n) is 5.26. The van der Waals surface area contributed by atoms with Crippen molar-refractivity contribution in [3.63, 3.8) is 0 Å². The average Bonchev–Trinajstić information content (AvgIpc) is 2.20. The van der Waals surface area contributed by atoms with Gasteiger partial charge in [0.1, 0.15) is 5.41 Å². The number of rotatable bonds is 4. The second kappa shape index (κ2) is 4.89. The molecule has 1 aliphatic rings. The molecule has 0 bridgehead atoms. The van der Waals surface area contributed by atoms with E-state index in [0.717, 1.165) is 0 Å². The Bertz CT molecular complexity index is 279. The van der Waals surface area contributed by atoms with Crippen LogP contribution in [0.1, 0.15) is 26.7 Å². The maximum atomic E-state index is 11.8. The Balaban J connectivity index is 2.43. The fourth-order valence-corrected chi connectivity index (χ4v) is 2.20. The standard InChI is InChI=1S/C11H18N2OS/c1-8-4-11(5-8,7-12)10(14)13-6-9(2)15-3/h8-9H,4-6H2,1-3H3,(H,13,14). The third-order valence-corrected chi connectivity index (χ3v) is 3.97. The van der Waals surface area contributed by atoms with E-state index in [0.29, 0.717) is 30.6 Å². The fraction of sp³-hybridized carbons (Fsp3) is 0.818. The number of hydrogen-bond donors (Lipinski definition) is 1. The van der Waals surface area contributed by atoms with Crippen LogP contribution in [0.4, 0.5) is 0 Å². The van der Waals surface area contributed by atoms with Crippen LogP contribution in [0, 0.1) is 22.7 Å². The number of thioether (sulfide) groups is 1. The molecule has 15 heavy (non-hydrogen) atoms. The Morgan fingerprint density at radius 2 is 2.33 bits per heavy atom. The number of hydrogen-bond acceptors (Lipinski definition) is 3. The SMILES string of the molecule is CSC(C)CNC(=O)C1(C#N)CC(C)C1. The lowest BCUT2D eigenvalue weighted by molar-refractivity contribution is -0.133. The maximum Gasteiger partial charge on any atom is 0.240 e. The normalized spacial score (nSPS) is 31.2. The van der Waals surface area contributed by atoms with E-state index in [1.807, 2.05) is 6.26 Å². The summed E-state index contributed by atoms with van der Waals surface area (Å²) in [5.74, 6) is 0.428. The predicted molar refractivity (Wildman–Crippen MR) is 62.4 cm³/mol. The topological polar surface area (TPSA) is 52.9 Å². The molecule has 1 N–H and O–H groups in total. The molecule has 1 fully saturated rings. The summed E-state index contributed by atoms with van der Waals surface area (Å²) in [6, 6.07) is 2.17. The van der Waals surface area contributed by atoms with Crippen LogP contribution in [0.5, 0.6) is 0 Å². The van der Waals surface area contributed by atoms with E-state index >= 15 is 0 Å². The van der Waals surface area contributed by atoms with Gasteiger partial charge in [-0.2, -0.15) is 17.0 Å². The smallest absolute Gasteiger partial charge is 0.240 e. The summed E-state index contributed by atoms with van der Waals surface area (Å²) in [6.45, 7) is 4.79. The minimum Gasteiger partial charge on any atom is -0.354 e. The Morgan fingerprint density at radius 1 is 1.73 bits per heavy atom. The van der Waals surface area contributed by atoms with Gasteiger partial charge in [-0.3, -0.25) is 4.79 Å². The van der Waals surface area contributed by atoms with Crippen LogP contribution in [0.3, 0.4) is 0 Å². The molecular weight excluding hydrogens is 208 g/mol. The van der Waals surface area contributed by atoms with Gasteiger partial charge in [0.05, 0.1) is 6.07 Å². The molecule has 84 valence electrons. The molecule has 0 saturated heterocycles. The monoisotopic (exact) mass is 226 g/mol. The zero-order chi connectivity index (χ0) is 11.5. The summed E-state index contributed by atoms with van der Waals surface area (Å²) in [4.78, 5) is 11.8. The summed E-state index contributed by atoms with van der Waals surface area (Å²) in [5, 5.41) is 12.3. The van der Waals surface area contributed by atoms with Crippen molar-refractivity contribution in [2.75, 3.05) is 12.8 Å². The molecule has 1 atom stereocenters. The molecule has 0 aliphatic heterocycles.